The maximum Gasteiger partial charge on any atom is 0.311 e. The Bertz CT molecular complexity index is 1490. The molecule has 0 amide bonds. The fourth-order valence-electron chi connectivity index (χ4n) is 3.33. The van der Waals surface area contributed by atoms with Gasteiger partial charge in [-0.2, -0.15) is 9.78 Å². The Morgan fingerprint density at radius 3 is 2.76 bits per heavy atom. The molecular weight excluding hydrogens is 507 g/mol. The summed E-state index contributed by atoms with van der Waals surface area (Å²) in [6.07, 6.45) is 1.82. The number of hydrogen-bond acceptors (Lipinski definition) is 6. The Morgan fingerprint density at radius 2 is 2.03 bits per heavy atom. The summed E-state index contributed by atoms with van der Waals surface area (Å²) in [5, 5.41) is 16.3. The molecule has 0 bridgehead atoms. The molecule has 0 atom stereocenters. The number of ether oxygens (including phenoxy) is 1. The molecule has 0 fully saturated rings. The molecule has 0 spiro atoms. The van der Waals surface area contributed by atoms with E-state index in [1.807, 2.05) is 6.92 Å². The molecule has 0 aliphatic carbocycles. The van der Waals surface area contributed by atoms with Crippen LogP contribution in [0, 0.1) is 15.9 Å². The largest absolute Gasteiger partial charge is 0.482 e. The van der Waals surface area contributed by atoms with Gasteiger partial charge in [-0.1, -0.05) is 35.0 Å². The third-order valence-corrected chi connectivity index (χ3v) is 5.47. The Kier molecular flexibility index (Phi) is 6.78. The SMILES string of the molecule is CCc1nc2ccc(Br)cc2c(=O)n1N=Cc1ccc(OCc2cccc(F)c2)c([N+](=O)[O-])c1. The van der Waals surface area contributed by atoms with E-state index in [0.717, 1.165) is 4.47 Å². The monoisotopic (exact) mass is 524 g/mol. The lowest BCUT2D eigenvalue weighted by molar-refractivity contribution is -0.385. The maximum atomic E-state index is 13.4. The molecule has 0 aliphatic heterocycles. The molecular formula is C24H18BrFN4O4. The Balaban J connectivity index is 1.65. The van der Waals surface area contributed by atoms with Gasteiger partial charge in [0.2, 0.25) is 0 Å². The van der Waals surface area contributed by atoms with E-state index in [1.165, 1.54) is 41.2 Å². The van der Waals surface area contributed by atoms with E-state index in [-0.39, 0.29) is 23.6 Å². The first-order valence-electron chi connectivity index (χ1n) is 10.3. The number of hydrogen-bond donors (Lipinski definition) is 0. The Hall–Kier alpha value is -3.92. The lowest BCUT2D eigenvalue weighted by Crippen LogP contribution is -2.22. The molecule has 1 heterocycles. The van der Waals surface area contributed by atoms with Crippen molar-refractivity contribution >= 4 is 38.7 Å². The highest BCUT2D eigenvalue weighted by Crippen LogP contribution is 2.28. The minimum absolute atomic E-state index is 0.0282. The van der Waals surface area contributed by atoms with Gasteiger partial charge in [-0.15, -0.1) is 0 Å². The molecule has 172 valence electrons. The third kappa shape index (κ3) is 5.01. The van der Waals surface area contributed by atoms with Gasteiger partial charge in [0.05, 0.1) is 22.0 Å². The van der Waals surface area contributed by atoms with Gasteiger partial charge >= 0.3 is 5.69 Å². The number of rotatable bonds is 7. The summed E-state index contributed by atoms with van der Waals surface area (Å²) in [6.45, 7) is 1.83. The summed E-state index contributed by atoms with van der Waals surface area (Å²) in [5.74, 6) is 0.0788. The minimum atomic E-state index is -0.572. The lowest BCUT2D eigenvalue weighted by atomic mass is 10.2. The van der Waals surface area contributed by atoms with Crippen LogP contribution in [0.5, 0.6) is 5.75 Å². The number of fused-ring (bicyclic) bond motifs is 1. The summed E-state index contributed by atoms with van der Waals surface area (Å²) in [4.78, 5) is 28.5. The second-order valence-corrected chi connectivity index (χ2v) is 8.22. The highest BCUT2D eigenvalue weighted by atomic mass is 79.9. The summed E-state index contributed by atoms with van der Waals surface area (Å²) >= 11 is 3.35. The fourth-order valence-corrected chi connectivity index (χ4v) is 3.70. The average Bonchev–Trinajstić information content (AvgIpc) is 2.82. The van der Waals surface area contributed by atoms with Crippen molar-refractivity contribution in [3.05, 3.63) is 108 Å². The predicted molar refractivity (Wildman–Crippen MR) is 130 cm³/mol. The van der Waals surface area contributed by atoms with E-state index in [0.29, 0.717) is 34.3 Å². The zero-order chi connectivity index (χ0) is 24.2. The molecule has 1 aromatic heterocycles. The summed E-state index contributed by atoms with van der Waals surface area (Å²) in [6, 6.07) is 15.4. The Morgan fingerprint density at radius 1 is 1.21 bits per heavy atom. The fraction of sp³-hybridized carbons (Fsp3) is 0.125. The topological polar surface area (TPSA) is 99.6 Å². The van der Waals surface area contributed by atoms with E-state index in [2.05, 4.69) is 26.0 Å². The molecule has 8 nitrogen and oxygen atoms in total. The molecule has 0 unspecified atom stereocenters. The molecule has 4 aromatic rings. The van der Waals surface area contributed by atoms with Crippen LogP contribution in [0.25, 0.3) is 10.9 Å². The van der Waals surface area contributed by atoms with Gasteiger partial charge in [0, 0.05) is 22.5 Å². The second kappa shape index (κ2) is 9.92. The van der Waals surface area contributed by atoms with Crippen LogP contribution in [0.15, 0.2) is 75.0 Å². The smallest absolute Gasteiger partial charge is 0.311 e. The molecule has 10 heteroatoms. The van der Waals surface area contributed by atoms with Gasteiger partial charge in [-0.05, 0) is 48.0 Å². The van der Waals surface area contributed by atoms with Crippen molar-refractivity contribution in [2.45, 2.75) is 20.0 Å². The van der Waals surface area contributed by atoms with Crippen LogP contribution in [-0.4, -0.2) is 20.8 Å². The maximum absolute atomic E-state index is 13.4. The first kappa shape index (κ1) is 23.2. The van der Waals surface area contributed by atoms with E-state index >= 15 is 0 Å². The van der Waals surface area contributed by atoms with Gasteiger partial charge in [0.1, 0.15) is 18.2 Å². The molecule has 3 aromatic carbocycles. The predicted octanol–water partition coefficient (Wildman–Crippen LogP) is 5.23. The van der Waals surface area contributed by atoms with Crippen molar-refractivity contribution in [1.82, 2.24) is 9.66 Å². The zero-order valence-corrected chi connectivity index (χ0v) is 19.5. The van der Waals surface area contributed by atoms with Crippen LogP contribution in [0.3, 0.4) is 0 Å². The van der Waals surface area contributed by atoms with Crippen molar-refractivity contribution in [1.29, 1.82) is 0 Å². The molecule has 4 rings (SSSR count). The van der Waals surface area contributed by atoms with Crippen molar-refractivity contribution in [2.24, 2.45) is 5.10 Å². The number of nitro groups is 1. The molecule has 0 saturated carbocycles. The van der Waals surface area contributed by atoms with Crippen molar-refractivity contribution < 1.29 is 14.1 Å². The van der Waals surface area contributed by atoms with Crippen LogP contribution < -0.4 is 10.3 Å². The minimum Gasteiger partial charge on any atom is -0.482 e. The van der Waals surface area contributed by atoms with E-state index in [4.69, 9.17) is 4.74 Å². The zero-order valence-electron chi connectivity index (χ0n) is 17.9. The van der Waals surface area contributed by atoms with Gasteiger partial charge in [-0.3, -0.25) is 14.9 Å². The standard InChI is InChI=1S/C24H18BrFN4O4/c1-2-23-28-20-8-7-17(25)12-19(20)24(31)29(23)27-13-15-6-9-22(21(11-15)30(32)33)34-14-16-4-3-5-18(26)10-16/h3-13H,2,14H2,1H3. The summed E-state index contributed by atoms with van der Waals surface area (Å²) in [5.41, 5.74) is 0.884. The van der Waals surface area contributed by atoms with E-state index in [9.17, 15) is 19.3 Å². The molecule has 0 radical (unpaired) electrons. The highest BCUT2D eigenvalue weighted by molar-refractivity contribution is 9.10. The molecule has 34 heavy (non-hydrogen) atoms. The average molecular weight is 525 g/mol. The van der Waals surface area contributed by atoms with Crippen molar-refractivity contribution in [2.75, 3.05) is 0 Å². The van der Waals surface area contributed by atoms with Crippen LogP contribution in [0.1, 0.15) is 23.9 Å². The van der Waals surface area contributed by atoms with E-state index < -0.39 is 10.7 Å². The van der Waals surface area contributed by atoms with Crippen molar-refractivity contribution in [3.8, 4) is 5.75 Å². The van der Waals surface area contributed by atoms with Crippen LogP contribution >= 0.6 is 15.9 Å². The van der Waals surface area contributed by atoms with E-state index in [1.54, 1.807) is 30.3 Å². The number of aromatic nitrogens is 2. The van der Waals surface area contributed by atoms with Gasteiger partial charge in [-0.25, -0.2) is 9.37 Å². The van der Waals surface area contributed by atoms with Gasteiger partial charge in [0.25, 0.3) is 5.56 Å². The molecule has 0 N–H and O–H groups in total. The lowest BCUT2D eigenvalue weighted by Gasteiger charge is -2.09. The highest BCUT2D eigenvalue weighted by Gasteiger charge is 2.16. The number of nitro benzene ring substituents is 1. The number of halogens is 2. The van der Waals surface area contributed by atoms with Gasteiger partial charge < -0.3 is 4.74 Å². The number of benzene rings is 3. The molecule has 0 saturated heterocycles. The molecule has 0 aliphatic rings. The number of aryl methyl sites for hydroxylation is 1. The van der Waals surface area contributed by atoms with Crippen LogP contribution in [0.4, 0.5) is 10.1 Å². The van der Waals surface area contributed by atoms with Crippen LogP contribution in [-0.2, 0) is 13.0 Å². The quantitative estimate of drug-likeness (QED) is 0.187. The second-order valence-electron chi connectivity index (χ2n) is 7.31. The number of nitrogens with zero attached hydrogens (tertiary/aromatic N) is 4. The van der Waals surface area contributed by atoms with Crippen LogP contribution in [0.2, 0.25) is 0 Å². The van der Waals surface area contributed by atoms with Gasteiger partial charge in [0.15, 0.2) is 5.75 Å². The Labute approximate surface area is 201 Å². The first-order chi connectivity index (χ1) is 16.4. The summed E-state index contributed by atoms with van der Waals surface area (Å²) < 4.78 is 20.8. The first-order valence-corrected chi connectivity index (χ1v) is 11.1. The summed E-state index contributed by atoms with van der Waals surface area (Å²) in [7, 11) is 0. The van der Waals surface area contributed by atoms with Crippen molar-refractivity contribution in [3.63, 3.8) is 0 Å². The third-order valence-electron chi connectivity index (χ3n) is 4.98. The normalized spacial score (nSPS) is 11.3.